The second-order valence-electron chi connectivity index (χ2n) is 6.94. The van der Waals surface area contributed by atoms with Crippen LogP contribution in [0.3, 0.4) is 0 Å². The minimum absolute atomic E-state index is 0.00591. The first-order chi connectivity index (χ1) is 12.1. The normalized spacial score (nSPS) is 21.2. The Balaban J connectivity index is 1.56. The van der Waals surface area contributed by atoms with Crippen molar-refractivity contribution in [3.05, 3.63) is 46.7 Å². The second kappa shape index (κ2) is 6.81. The zero-order chi connectivity index (χ0) is 17.4. The molecule has 0 N–H and O–H groups in total. The van der Waals surface area contributed by atoms with E-state index >= 15 is 0 Å². The molecule has 1 aromatic carbocycles. The highest BCUT2D eigenvalue weighted by molar-refractivity contribution is 6.33. The van der Waals surface area contributed by atoms with Crippen molar-refractivity contribution in [3.8, 4) is 5.69 Å². The molecule has 2 fully saturated rings. The molecule has 1 atom stereocenters. The standard InChI is InChI=1S/C19H23ClN4O/c1-14-17(18(20)24(21-14)15-7-3-2-4-8-15)19(25)23-12-9-16(13-23)22-10-5-6-11-22/h2-4,7-8,16H,5-6,9-13H2,1H3. The third-order valence-electron chi connectivity index (χ3n) is 5.33. The molecule has 2 aliphatic heterocycles. The van der Waals surface area contributed by atoms with Gasteiger partial charge in [-0.2, -0.15) is 5.10 Å². The van der Waals surface area contributed by atoms with Crippen LogP contribution in [0, 0.1) is 6.92 Å². The van der Waals surface area contributed by atoms with Gasteiger partial charge in [0.25, 0.3) is 5.91 Å². The number of likely N-dealkylation sites (tertiary alicyclic amines) is 2. The predicted molar refractivity (Wildman–Crippen MR) is 98.4 cm³/mol. The third kappa shape index (κ3) is 3.07. The van der Waals surface area contributed by atoms with Gasteiger partial charge in [-0.05, 0) is 51.4 Å². The van der Waals surface area contributed by atoms with Gasteiger partial charge in [-0.15, -0.1) is 0 Å². The zero-order valence-corrected chi connectivity index (χ0v) is 15.2. The quantitative estimate of drug-likeness (QED) is 0.846. The van der Waals surface area contributed by atoms with Crippen molar-refractivity contribution in [1.29, 1.82) is 0 Å². The molecule has 2 aromatic rings. The van der Waals surface area contributed by atoms with E-state index in [-0.39, 0.29) is 5.91 Å². The molecule has 0 bridgehead atoms. The summed E-state index contributed by atoms with van der Waals surface area (Å²) in [6, 6.07) is 10.2. The highest BCUT2D eigenvalue weighted by Gasteiger charge is 2.34. The topological polar surface area (TPSA) is 41.4 Å². The van der Waals surface area contributed by atoms with Crippen molar-refractivity contribution in [2.24, 2.45) is 0 Å². The number of aryl methyl sites for hydroxylation is 1. The molecule has 0 saturated carbocycles. The number of carbonyl (C=O) groups excluding carboxylic acids is 1. The van der Waals surface area contributed by atoms with Gasteiger partial charge >= 0.3 is 0 Å². The molecule has 3 heterocycles. The van der Waals surface area contributed by atoms with Crippen molar-refractivity contribution >= 4 is 17.5 Å². The van der Waals surface area contributed by atoms with Crippen LogP contribution < -0.4 is 0 Å². The molecule has 0 aliphatic carbocycles. The van der Waals surface area contributed by atoms with Gasteiger partial charge in [0.15, 0.2) is 0 Å². The number of hydrogen-bond donors (Lipinski definition) is 0. The van der Waals surface area contributed by atoms with E-state index in [1.165, 1.54) is 25.9 Å². The van der Waals surface area contributed by atoms with Crippen LogP contribution in [0.5, 0.6) is 0 Å². The van der Waals surface area contributed by atoms with E-state index < -0.39 is 0 Å². The lowest BCUT2D eigenvalue weighted by molar-refractivity contribution is 0.0779. The number of hydrogen-bond acceptors (Lipinski definition) is 3. The zero-order valence-electron chi connectivity index (χ0n) is 14.5. The minimum atomic E-state index is 0.00591. The van der Waals surface area contributed by atoms with E-state index in [4.69, 9.17) is 11.6 Å². The molecule has 132 valence electrons. The van der Waals surface area contributed by atoms with Crippen LogP contribution in [0.1, 0.15) is 35.3 Å². The van der Waals surface area contributed by atoms with E-state index in [0.29, 0.717) is 22.5 Å². The number of amides is 1. The van der Waals surface area contributed by atoms with E-state index in [1.807, 2.05) is 42.2 Å². The predicted octanol–water partition coefficient (Wildman–Crippen LogP) is 3.14. The smallest absolute Gasteiger partial charge is 0.258 e. The molecule has 0 radical (unpaired) electrons. The maximum absolute atomic E-state index is 13.1. The molecule has 1 amide bonds. The molecule has 6 heteroatoms. The van der Waals surface area contributed by atoms with Gasteiger partial charge in [0, 0.05) is 19.1 Å². The summed E-state index contributed by atoms with van der Waals surface area (Å²) in [5, 5.41) is 4.90. The maximum atomic E-state index is 13.1. The summed E-state index contributed by atoms with van der Waals surface area (Å²) in [4.78, 5) is 17.5. The Kier molecular flexibility index (Phi) is 4.52. The summed E-state index contributed by atoms with van der Waals surface area (Å²) in [5.41, 5.74) is 2.09. The molecule has 1 aromatic heterocycles. The van der Waals surface area contributed by atoms with Crippen LogP contribution in [-0.4, -0.2) is 57.7 Å². The van der Waals surface area contributed by atoms with Gasteiger partial charge in [-0.1, -0.05) is 29.8 Å². The molecule has 1 unspecified atom stereocenters. The van der Waals surface area contributed by atoms with Gasteiger partial charge in [0.2, 0.25) is 0 Å². The highest BCUT2D eigenvalue weighted by Crippen LogP contribution is 2.27. The molecular weight excluding hydrogens is 336 g/mol. The lowest BCUT2D eigenvalue weighted by Crippen LogP contribution is -2.37. The summed E-state index contributed by atoms with van der Waals surface area (Å²) in [6.45, 7) is 5.78. The number of aromatic nitrogens is 2. The first kappa shape index (κ1) is 16.6. The van der Waals surface area contributed by atoms with Crippen LogP contribution in [0.15, 0.2) is 30.3 Å². The van der Waals surface area contributed by atoms with E-state index in [9.17, 15) is 4.79 Å². The average molecular weight is 359 g/mol. The van der Waals surface area contributed by atoms with Crippen LogP contribution in [0.4, 0.5) is 0 Å². The number of carbonyl (C=O) groups is 1. The van der Waals surface area contributed by atoms with Gasteiger partial charge < -0.3 is 4.90 Å². The lowest BCUT2D eigenvalue weighted by atomic mass is 10.2. The summed E-state index contributed by atoms with van der Waals surface area (Å²) in [7, 11) is 0. The lowest BCUT2D eigenvalue weighted by Gasteiger charge is -2.23. The Morgan fingerprint density at radius 3 is 2.60 bits per heavy atom. The Morgan fingerprint density at radius 2 is 1.88 bits per heavy atom. The number of para-hydroxylation sites is 1. The second-order valence-corrected chi connectivity index (χ2v) is 7.29. The Hall–Kier alpha value is -1.85. The summed E-state index contributed by atoms with van der Waals surface area (Å²) >= 11 is 6.54. The van der Waals surface area contributed by atoms with Gasteiger partial charge in [0.05, 0.1) is 16.9 Å². The number of halogens is 1. The fraction of sp³-hybridized carbons (Fsp3) is 0.474. The first-order valence-electron chi connectivity index (χ1n) is 8.99. The fourth-order valence-corrected chi connectivity index (χ4v) is 4.32. The number of benzene rings is 1. The summed E-state index contributed by atoms with van der Waals surface area (Å²) in [6.07, 6.45) is 3.60. The van der Waals surface area contributed by atoms with E-state index in [2.05, 4.69) is 10.00 Å². The maximum Gasteiger partial charge on any atom is 0.258 e. The Bertz CT molecular complexity index is 767. The van der Waals surface area contributed by atoms with E-state index in [1.54, 1.807) is 4.68 Å². The molecule has 25 heavy (non-hydrogen) atoms. The van der Waals surface area contributed by atoms with Crippen LogP contribution >= 0.6 is 11.6 Å². The Morgan fingerprint density at radius 1 is 1.16 bits per heavy atom. The minimum Gasteiger partial charge on any atom is -0.337 e. The van der Waals surface area contributed by atoms with Crippen LogP contribution in [0.2, 0.25) is 5.15 Å². The summed E-state index contributed by atoms with van der Waals surface area (Å²) in [5.74, 6) is 0.00591. The Labute approximate surface area is 153 Å². The van der Waals surface area contributed by atoms with Gasteiger partial charge in [-0.3, -0.25) is 9.69 Å². The monoisotopic (exact) mass is 358 g/mol. The molecule has 0 spiro atoms. The summed E-state index contributed by atoms with van der Waals surface area (Å²) < 4.78 is 1.65. The number of rotatable bonds is 3. The van der Waals surface area contributed by atoms with Crippen LogP contribution in [0.25, 0.3) is 5.69 Å². The number of nitrogens with zero attached hydrogens (tertiary/aromatic N) is 4. The molecule has 2 aliphatic rings. The van der Waals surface area contributed by atoms with Gasteiger partial charge in [-0.25, -0.2) is 4.68 Å². The van der Waals surface area contributed by atoms with Crippen molar-refractivity contribution in [2.75, 3.05) is 26.2 Å². The van der Waals surface area contributed by atoms with Crippen molar-refractivity contribution in [2.45, 2.75) is 32.2 Å². The molecule has 2 saturated heterocycles. The molecule has 4 rings (SSSR count). The fourth-order valence-electron chi connectivity index (χ4n) is 3.97. The largest absolute Gasteiger partial charge is 0.337 e. The third-order valence-corrected chi connectivity index (χ3v) is 5.68. The molecular formula is C19H23ClN4O. The van der Waals surface area contributed by atoms with Crippen molar-refractivity contribution in [3.63, 3.8) is 0 Å². The highest BCUT2D eigenvalue weighted by atomic mass is 35.5. The van der Waals surface area contributed by atoms with Gasteiger partial charge in [0.1, 0.15) is 5.15 Å². The van der Waals surface area contributed by atoms with Crippen molar-refractivity contribution < 1.29 is 4.79 Å². The van der Waals surface area contributed by atoms with E-state index in [0.717, 1.165) is 25.2 Å². The SMILES string of the molecule is Cc1nn(-c2ccccc2)c(Cl)c1C(=O)N1CCC(N2CCCC2)C1. The molecule has 5 nitrogen and oxygen atoms in total. The van der Waals surface area contributed by atoms with Crippen LogP contribution in [-0.2, 0) is 0 Å². The average Bonchev–Trinajstić information content (AvgIpc) is 3.35. The van der Waals surface area contributed by atoms with Crippen molar-refractivity contribution in [1.82, 2.24) is 19.6 Å². The first-order valence-corrected chi connectivity index (χ1v) is 9.37.